The van der Waals surface area contributed by atoms with E-state index in [0.29, 0.717) is 57.0 Å². The van der Waals surface area contributed by atoms with Crippen molar-refractivity contribution in [2.24, 2.45) is 0 Å². The second-order valence-corrected chi connectivity index (χ2v) is 14.7. The molecule has 0 bridgehead atoms. The number of carbonyl (C=O) groups is 2. The molecular weight excluding hydrogens is 564 g/mol. The first-order valence-corrected chi connectivity index (χ1v) is 17.6. The molecule has 1 aliphatic carbocycles. The van der Waals surface area contributed by atoms with Gasteiger partial charge in [-0.05, 0) is 123 Å². The van der Waals surface area contributed by atoms with E-state index in [-0.39, 0.29) is 29.3 Å². The Morgan fingerprint density at radius 1 is 0.978 bits per heavy atom. The van der Waals surface area contributed by atoms with Crippen molar-refractivity contribution >= 4 is 11.9 Å². The highest BCUT2D eigenvalue weighted by Gasteiger charge is 2.30. The van der Waals surface area contributed by atoms with Crippen LogP contribution in [0.5, 0.6) is 11.5 Å². The maximum Gasteiger partial charge on any atom is 0.311 e. The van der Waals surface area contributed by atoms with Crippen LogP contribution in [0.25, 0.3) is 0 Å². The lowest BCUT2D eigenvalue weighted by atomic mass is 9.77. The van der Waals surface area contributed by atoms with Crippen molar-refractivity contribution in [2.45, 2.75) is 150 Å². The molecule has 2 aliphatic rings. The highest BCUT2D eigenvalue weighted by molar-refractivity contribution is 5.76. The van der Waals surface area contributed by atoms with Crippen LogP contribution in [0.2, 0.25) is 0 Å². The van der Waals surface area contributed by atoms with Gasteiger partial charge in [-0.3, -0.25) is 14.5 Å². The molecule has 1 saturated heterocycles. The zero-order valence-electron chi connectivity index (χ0n) is 29.9. The number of morpholine rings is 1. The predicted octanol–water partition coefficient (Wildman–Crippen LogP) is 8.19. The number of carbonyl (C=O) groups excluding carboxylic acids is 2. The summed E-state index contributed by atoms with van der Waals surface area (Å²) in [6.45, 7) is 23.1. The molecule has 0 aromatic heterocycles. The molecule has 1 heterocycles. The lowest BCUT2D eigenvalue weighted by Crippen LogP contribution is -2.40. The number of hydrogen-bond acceptors (Lipinski definition) is 6. The molecule has 1 aliphatic heterocycles. The van der Waals surface area contributed by atoms with E-state index in [1.807, 2.05) is 4.90 Å². The van der Waals surface area contributed by atoms with Crippen LogP contribution in [-0.2, 0) is 19.7 Å². The average Bonchev–Trinajstić information content (AvgIpc) is 2.97. The number of amides is 1. The molecule has 1 aromatic rings. The number of esters is 1. The van der Waals surface area contributed by atoms with Gasteiger partial charge in [-0.2, -0.15) is 0 Å². The van der Waals surface area contributed by atoms with E-state index in [1.54, 1.807) is 0 Å². The highest BCUT2D eigenvalue weighted by Crippen LogP contribution is 2.46. The number of unbranched alkanes of at least 4 members (excludes halogenated alkanes) is 1. The third kappa shape index (κ3) is 11.4. The smallest absolute Gasteiger partial charge is 0.311 e. The van der Waals surface area contributed by atoms with Gasteiger partial charge in [0.2, 0.25) is 5.91 Å². The van der Waals surface area contributed by atoms with Gasteiger partial charge < -0.3 is 19.1 Å². The molecule has 1 atom stereocenters. The lowest BCUT2D eigenvalue weighted by Gasteiger charge is -2.31. The standard InChI is InChI=1S/C38H62N2O5/c1-27(2)40(28(3)4)19-13-17-36(42)45-34-26-32(25-33(44-29(5)6)37(34)31-15-12-14-30(7)24-31)38(8,9)18-11-10-16-35(41)39-20-22-43-23-21-39/h14,25-29,31H,10-13,15-24H2,1-9H3. The van der Waals surface area contributed by atoms with Gasteiger partial charge in [-0.15, -0.1) is 0 Å². The van der Waals surface area contributed by atoms with Crippen LogP contribution in [0.4, 0.5) is 0 Å². The number of benzene rings is 1. The molecule has 0 N–H and O–H groups in total. The quantitative estimate of drug-likeness (QED) is 0.0798. The van der Waals surface area contributed by atoms with E-state index in [1.165, 1.54) is 5.57 Å². The zero-order chi connectivity index (χ0) is 33.1. The fourth-order valence-corrected chi connectivity index (χ4v) is 6.83. The van der Waals surface area contributed by atoms with Crippen LogP contribution in [-0.4, -0.2) is 72.7 Å². The van der Waals surface area contributed by atoms with Crippen molar-refractivity contribution in [3.63, 3.8) is 0 Å². The first-order valence-electron chi connectivity index (χ1n) is 17.6. The molecule has 45 heavy (non-hydrogen) atoms. The van der Waals surface area contributed by atoms with Gasteiger partial charge in [-0.1, -0.05) is 31.9 Å². The maximum atomic E-state index is 13.4. The summed E-state index contributed by atoms with van der Waals surface area (Å²) in [6.07, 6.45) is 9.70. The van der Waals surface area contributed by atoms with Crippen molar-refractivity contribution in [3.05, 3.63) is 34.9 Å². The van der Waals surface area contributed by atoms with E-state index in [4.69, 9.17) is 14.2 Å². The minimum absolute atomic E-state index is 0.00450. The molecule has 1 unspecified atom stereocenters. The topological polar surface area (TPSA) is 68.3 Å². The van der Waals surface area contributed by atoms with Crippen LogP contribution in [0.15, 0.2) is 23.8 Å². The fraction of sp³-hybridized carbons (Fsp3) is 0.737. The summed E-state index contributed by atoms with van der Waals surface area (Å²) in [6, 6.07) is 5.17. The number of hydrogen-bond donors (Lipinski definition) is 0. The second kappa shape index (κ2) is 17.5. The first-order chi connectivity index (χ1) is 21.3. The molecule has 1 aromatic carbocycles. The Morgan fingerprint density at radius 3 is 2.27 bits per heavy atom. The summed E-state index contributed by atoms with van der Waals surface area (Å²) < 4.78 is 18.2. The number of rotatable bonds is 16. The van der Waals surface area contributed by atoms with Gasteiger partial charge in [0, 0.05) is 43.6 Å². The van der Waals surface area contributed by atoms with Gasteiger partial charge in [0.25, 0.3) is 0 Å². The van der Waals surface area contributed by atoms with Crippen molar-refractivity contribution in [1.29, 1.82) is 0 Å². The summed E-state index contributed by atoms with van der Waals surface area (Å²) in [5.74, 6) is 1.79. The van der Waals surface area contributed by atoms with Gasteiger partial charge in [0.1, 0.15) is 11.5 Å². The van der Waals surface area contributed by atoms with Gasteiger partial charge >= 0.3 is 5.97 Å². The Kier molecular flexibility index (Phi) is 14.4. The molecule has 0 radical (unpaired) electrons. The van der Waals surface area contributed by atoms with Crippen molar-refractivity contribution in [1.82, 2.24) is 9.80 Å². The van der Waals surface area contributed by atoms with E-state index in [0.717, 1.165) is 68.4 Å². The van der Waals surface area contributed by atoms with Crippen molar-refractivity contribution in [3.8, 4) is 11.5 Å². The Labute approximate surface area is 274 Å². The summed E-state index contributed by atoms with van der Waals surface area (Å²) in [5.41, 5.74) is 3.33. The largest absolute Gasteiger partial charge is 0.491 e. The van der Waals surface area contributed by atoms with E-state index < -0.39 is 0 Å². The molecule has 254 valence electrons. The van der Waals surface area contributed by atoms with Crippen LogP contribution in [0.1, 0.15) is 137 Å². The minimum atomic E-state index is -0.186. The predicted molar refractivity (Wildman–Crippen MR) is 183 cm³/mol. The van der Waals surface area contributed by atoms with E-state index >= 15 is 0 Å². The lowest BCUT2D eigenvalue weighted by molar-refractivity contribution is -0.135. The monoisotopic (exact) mass is 626 g/mol. The van der Waals surface area contributed by atoms with Crippen LogP contribution in [0, 0.1) is 0 Å². The zero-order valence-corrected chi connectivity index (χ0v) is 29.9. The summed E-state index contributed by atoms with van der Waals surface area (Å²) in [7, 11) is 0. The molecule has 0 spiro atoms. The fourth-order valence-electron chi connectivity index (χ4n) is 6.83. The summed E-state index contributed by atoms with van der Waals surface area (Å²) >= 11 is 0. The van der Waals surface area contributed by atoms with Gasteiger partial charge in [0.15, 0.2) is 0 Å². The van der Waals surface area contributed by atoms with E-state index in [9.17, 15) is 9.59 Å². The molecular formula is C38H62N2O5. The molecule has 1 amide bonds. The van der Waals surface area contributed by atoms with Crippen LogP contribution >= 0.6 is 0 Å². The Bertz CT molecular complexity index is 1130. The highest BCUT2D eigenvalue weighted by atomic mass is 16.5. The molecule has 7 nitrogen and oxygen atoms in total. The number of ether oxygens (including phenoxy) is 3. The average molecular weight is 627 g/mol. The Balaban J connectivity index is 1.82. The third-order valence-electron chi connectivity index (χ3n) is 9.39. The molecule has 0 saturated carbocycles. The van der Waals surface area contributed by atoms with Crippen molar-refractivity contribution < 1.29 is 23.8 Å². The molecule has 1 fully saturated rings. The van der Waals surface area contributed by atoms with Crippen LogP contribution in [0.3, 0.4) is 0 Å². The molecule has 3 rings (SSSR count). The summed E-state index contributed by atoms with van der Waals surface area (Å²) in [4.78, 5) is 30.4. The third-order valence-corrected chi connectivity index (χ3v) is 9.39. The van der Waals surface area contributed by atoms with Gasteiger partial charge in [0.05, 0.1) is 19.3 Å². The Morgan fingerprint density at radius 2 is 1.64 bits per heavy atom. The Hall–Kier alpha value is -2.38. The SMILES string of the molecule is CC1=CCCC(c2c(OC(=O)CCCN(C(C)C)C(C)C)cc(C(C)(C)CCCCC(=O)N3CCOCC3)cc2OC(C)C)C1. The van der Waals surface area contributed by atoms with Crippen LogP contribution < -0.4 is 9.47 Å². The maximum absolute atomic E-state index is 13.4. The van der Waals surface area contributed by atoms with Crippen molar-refractivity contribution in [2.75, 3.05) is 32.8 Å². The van der Waals surface area contributed by atoms with Gasteiger partial charge in [-0.25, -0.2) is 0 Å². The van der Waals surface area contributed by atoms with E-state index in [2.05, 4.69) is 85.4 Å². The number of nitrogens with zero attached hydrogens (tertiary/aromatic N) is 2. The normalized spacial score (nSPS) is 17.8. The number of allylic oxidation sites excluding steroid dienone is 2. The minimum Gasteiger partial charge on any atom is -0.491 e. The molecule has 7 heteroatoms. The summed E-state index contributed by atoms with van der Waals surface area (Å²) in [5, 5.41) is 0. The first kappa shape index (κ1) is 37.1. The second-order valence-electron chi connectivity index (χ2n) is 14.7.